The minimum Gasteiger partial charge on any atom is -0.383 e. The zero-order valence-corrected chi connectivity index (χ0v) is 10.5. The van der Waals surface area contributed by atoms with Gasteiger partial charge in [0.05, 0.1) is 23.2 Å². The lowest BCUT2D eigenvalue weighted by molar-refractivity contribution is 0.0983. The molecule has 16 heavy (non-hydrogen) atoms. The van der Waals surface area contributed by atoms with Crippen molar-refractivity contribution in [2.75, 3.05) is 26.8 Å². The van der Waals surface area contributed by atoms with E-state index in [1.807, 2.05) is 0 Å². The van der Waals surface area contributed by atoms with Crippen molar-refractivity contribution >= 4 is 21.7 Å². The molecule has 0 aromatic heterocycles. The summed E-state index contributed by atoms with van der Waals surface area (Å²) in [6.07, 6.45) is 0. The summed E-state index contributed by atoms with van der Waals surface area (Å²) in [5, 5.41) is 2.87. The Morgan fingerprint density at radius 2 is 2.31 bits per heavy atom. The first-order chi connectivity index (χ1) is 7.66. The number of hydrogen-bond donors (Lipinski definition) is 1. The number of hydrogen-bond acceptors (Lipinski definition) is 3. The van der Waals surface area contributed by atoms with Gasteiger partial charge in [0.15, 0.2) is 5.78 Å². The largest absolute Gasteiger partial charge is 0.383 e. The zero-order chi connectivity index (χ0) is 12.0. The van der Waals surface area contributed by atoms with Gasteiger partial charge in [-0.1, -0.05) is 6.07 Å². The van der Waals surface area contributed by atoms with E-state index in [0.717, 1.165) is 0 Å². The molecule has 1 rings (SSSR count). The van der Waals surface area contributed by atoms with E-state index in [1.54, 1.807) is 19.2 Å². The monoisotopic (exact) mass is 289 g/mol. The van der Waals surface area contributed by atoms with Crippen molar-refractivity contribution in [2.24, 2.45) is 0 Å². The summed E-state index contributed by atoms with van der Waals surface area (Å²) >= 11 is 3.04. The number of nitrogens with one attached hydrogen (secondary N) is 1. The van der Waals surface area contributed by atoms with E-state index in [-0.39, 0.29) is 17.9 Å². The van der Waals surface area contributed by atoms with E-state index in [9.17, 15) is 9.18 Å². The van der Waals surface area contributed by atoms with E-state index in [0.29, 0.717) is 17.6 Å². The smallest absolute Gasteiger partial charge is 0.179 e. The fourth-order valence-corrected chi connectivity index (χ4v) is 1.56. The van der Waals surface area contributed by atoms with Crippen molar-refractivity contribution < 1.29 is 13.9 Å². The summed E-state index contributed by atoms with van der Waals surface area (Å²) in [5.74, 6) is -0.782. The van der Waals surface area contributed by atoms with Crippen LogP contribution < -0.4 is 5.32 Å². The van der Waals surface area contributed by atoms with Gasteiger partial charge in [0.1, 0.15) is 5.82 Å². The van der Waals surface area contributed by atoms with Crippen LogP contribution in [-0.2, 0) is 4.74 Å². The maximum Gasteiger partial charge on any atom is 0.179 e. The molecule has 88 valence electrons. The molecular formula is C11H13BrFNO2. The third-order valence-electron chi connectivity index (χ3n) is 2.02. The molecule has 0 saturated heterocycles. The van der Waals surface area contributed by atoms with E-state index in [2.05, 4.69) is 21.2 Å². The number of carbonyl (C=O) groups excluding carboxylic acids is 1. The summed E-state index contributed by atoms with van der Waals surface area (Å²) in [7, 11) is 1.58. The first-order valence-corrected chi connectivity index (χ1v) is 5.63. The number of ketones is 1. The minimum atomic E-state index is -0.513. The van der Waals surface area contributed by atoms with Crippen molar-refractivity contribution in [1.29, 1.82) is 0 Å². The van der Waals surface area contributed by atoms with Crippen LogP contribution in [0.3, 0.4) is 0 Å². The van der Waals surface area contributed by atoms with E-state index >= 15 is 0 Å². The molecule has 5 heteroatoms. The number of benzene rings is 1. The van der Waals surface area contributed by atoms with Gasteiger partial charge < -0.3 is 10.1 Å². The fraction of sp³-hybridized carbons (Fsp3) is 0.364. The lowest BCUT2D eigenvalue weighted by Gasteiger charge is -2.05. The molecule has 0 fully saturated rings. The average molecular weight is 290 g/mol. The molecule has 0 aliphatic rings. The third-order valence-corrected chi connectivity index (χ3v) is 2.63. The van der Waals surface area contributed by atoms with Gasteiger partial charge in [-0.05, 0) is 28.1 Å². The van der Waals surface area contributed by atoms with Gasteiger partial charge in [0.2, 0.25) is 0 Å². The lowest BCUT2D eigenvalue weighted by Crippen LogP contribution is -2.26. The maximum absolute atomic E-state index is 13.5. The van der Waals surface area contributed by atoms with Crippen LogP contribution in [0.4, 0.5) is 4.39 Å². The van der Waals surface area contributed by atoms with Crippen LogP contribution in [0.25, 0.3) is 0 Å². The highest BCUT2D eigenvalue weighted by atomic mass is 79.9. The van der Waals surface area contributed by atoms with Crippen molar-refractivity contribution in [3.8, 4) is 0 Å². The Bertz CT molecular complexity index is 371. The highest BCUT2D eigenvalue weighted by molar-refractivity contribution is 9.10. The summed E-state index contributed by atoms with van der Waals surface area (Å²) in [4.78, 5) is 11.6. The number of ether oxygens (including phenoxy) is 1. The van der Waals surface area contributed by atoms with E-state index in [1.165, 1.54) is 6.07 Å². The third kappa shape index (κ3) is 3.66. The second kappa shape index (κ2) is 6.73. The van der Waals surface area contributed by atoms with Gasteiger partial charge in [-0.2, -0.15) is 0 Å². The first-order valence-electron chi connectivity index (χ1n) is 4.83. The summed E-state index contributed by atoms with van der Waals surface area (Å²) in [6, 6.07) is 4.67. The van der Waals surface area contributed by atoms with Crippen LogP contribution in [0.15, 0.2) is 22.7 Å². The Kier molecular flexibility index (Phi) is 5.59. The predicted molar refractivity (Wildman–Crippen MR) is 63.2 cm³/mol. The molecule has 0 unspecified atom stereocenters. The molecule has 0 aliphatic carbocycles. The summed E-state index contributed by atoms with van der Waals surface area (Å²) < 4.78 is 18.6. The highest BCUT2D eigenvalue weighted by Crippen LogP contribution is 2.18. The number of rotatable bonds is 6. The van der Waals surface area contributed by atoms with Gasteiger partial charge >= 0.3 is 0 Å². The SMILES string of the molecule is COCCNCC(=O)c1cccc(Br)c1F. The molecule has 0 amide bonds. The molecule has 0 atom stereocenters. The molecule has 1 aromatic rings. The van der Waals surface area contributed by atoms with Crippen LogP contribution in [-0.4, -0.2) is 32.6 Å². The Morgan fingerprint density at radius 3 is 3.00 bits per heavy atom. The molecule has 0 heterocycles. The van der Waals surface area contributed by atoms with Crippen molar-refractivity contribution in [3.63, 3.8) is 0 Å². The predicted octanol–water partition coefficient (Wildman–Crippen LogP) is 2.01. The molecular weight excluding hydrogens is 277 g/mol. The molecule has 0 radical (unpaired) electrons. The second-order valence-corrected chi connectivity index (χ2v) is 4.05. The number of carbonyl (C=O) groups is 1. The van der Waals surface area contributed by atoms with Crippen LogP contribution >= 0.6 is 15.9 Å². The molecule has 0 aliphatic heterocycles. The van der Waals surface area contributed by atoms with Crippen LogP contribution in [0.5, 0.6) is 0 Å². The van der Waals surface area contributed by atoms with Gasteiger partial charge in [0, 0.05) is 13.7 Å². The van der Waals surface area contributed by atoms with E-state index < -0.39 is 5.82 Å². The zero-order valence-electron chi connectivity index (χ0n) is 8.93. The number of halogens is 2. The Labute approximate surface area is 102 Å². The van der Waals surface area contributed by atoms with Crippen molar-refractivity contribution in [1.82, 2.24) is 5.32 Å². The molecule has 3 nitrogen and oxygen atoms in total. The topological polar surface area (TPSA) is 38.3 Å². The molecule has 1 N–H and O–H groups in total. The van der Waals surface area contributed by atoms with Gasteiger partial charge in [-0.3, -0.25) is 4.79 Å². The standard InChI is InChI=1S/C11H13BrFNO2/c1-16-6-5-14-7-10(15)8-3-2-4-9(12)11(8)13/h2-4,14H,5-7H2,1H3. The number of Topliss-reactive ketones (excluding diaryl/α,β-unsaturated/α-hetero) is 1. The van der Waals surface area contributed by atoms with Gasteiger partial charge in [-0.25, -0.2) is 4.39 Å². The molecule has 0 spiro atoms. The maximum atomic E-state index is 13.5. The summed E-state index contributed by atoms with van der Waals surface area (Å²) in [6.45, 7) is 1.20. The Morgan fingerprint density at radius 1 is 1.56 bits per heavy atom. The van der Waals surface area contributed by atoms with E-state index in [4.69, 9.17) is 4.74 Å². The van der Waals surface area contributed by atoms with Crippen molar-refractivity contribution in [2.45, 2.75) is 0 Å². The summed E-state index contributed by atoms with van der Waals surface area (Å²) in [5.41, 5.74) is 0.0966. The van der Waals surface area contributed by atoms with Gasteiger partial charge in [0.25, 0.3) is 0 Å². The average Bonchev–Trinajstić information content (AvgIpc) is 2.28. The Balaban J connectivity index is 2.56. The first kappa shape index (κ1) is 13.3. The quantitative estimate of drug-likeness (QED) is 0.643. The molecule has 0 saturated carbocycles. The highest BCUT2D eigenvalue weighted by Gasteiger charge is 2.12. The minimum absolute atomic E-state index is 0.0966. The molecule has 1 aromatic carbocycles. The Hall–Kier alpha value is -0.780. The normalized spacial score (nSPS) is 10.4. The van der Waals surface area contributed by atoms with Gasteiger partial charge in [-0.15, -0.1) is 0 Å². The number of methoxy groups -OCH3 is 1. The molecule has 0 bridgehead atoms. The van der Waals surface area contributed by atoms with Crippen molar-refractivity contribution in [3.05, 3.63) is 34.1 Å². The van der Waals surface area contributed by atoms with Crippen LogP contribution in [0.2, 0.25) is 0 Å². The van der Waals surface area contributed by atoms with Crippen LogP contribution in [0, 0.1) is 5.82 Å². The lowest BCUT2D eigenvalue weighted by atomic mass is 10.1. The fourth-order valence-electron chi connectivity index (χ4n) is 1.19. The van der Waals surface area contributed by atoms with Crippen LogP contribution in [0.1, 0.15) is 10.4 Å². The second-order valence-electron chi connectivity index (χ2n) is 3.19.